The van der Waals surface area contributed by atoms with E-state index in [1.54, 1.807) is 0 Å². The Morgan fingerprint density at radius 2 is 1.74 bits per heavy atom. The van der Waals surface area contributed by atoms with E-state index in [0.717, 1.165) is 6.54 Å². The lowest BCUT2D eigenvalue weighted by molar-refractivity contribution is 0.604. The molecular formula is C17H23NS. The van der Waals surface area contributed by atoms with Gasteiger partial charge in [-0.3, -0.25) is 0 Å². The van der Waals surface area contributed by atoms with Crippen LogP contribution in [0.5, 0.6) is 0 Å². The highest BCUT2D eigenvalue weighted by molar-refractivity contribution is 7.12. The van der Waals surface area contributed by atoms with E-state index in [1.807, 2.05) is 11.3 Å². The molecule has 1 N–H and O–H groups in total. The molecular weight excluding hydrogens is 250 g/mol. The topological polar surface area (TPSA) is 12.0 Å². The second kappa shape index (κ2) is 5.38. The Balaban J connectivity index is 2.02. The zero-order valence-corrected chi connectivity index (χ0v) is 13.3. The molecule has 0 aliphatic rings. The summed E-state index contributed by atoms with van der Waals surface area (Å²) >= 11 is 1.90. The van der Waals surface area contributed by atoms with Crippen molar-refractivity contribution >= 4 is 17.0 Å². The number of anilines is 1. The molecule has 1 aromatic carbocycles. The normalized spacial score (nSPS) is 11.6. The third-order valence-corrected chi connectivity index (χ3v) is 4.89. The molecule has 0 fully saturated rings. The monoisotopic (exact) mass is 273 g/mol. The van der Waals surface area contributed by atoms with E-state index in [1.165, 1.54) is 26.6 Å². The van der Waals surface area contributed by atoms with Gasteiger partial charge in [-0.2, -0.15) is 0 Å². The predicted octanol–water partition coefficient (Wildman–Crippen LogP) is 5.27. The standard InChI is InChI=1S/C17H23NS/c1-12-6-7-14(10-13(12)2)18-11-15-8-9-16(19-15)17(3,4)5/h6-10,18H,11H2,1-5H3. The molecule has 0 saturated heterocycles. The van der Waals surface area contributed by atoms with Gasteiger partial charge >= 0.3 is 0 Å². The molecule has 2 aromatic rings. The Bertz CT molecular complexity index is 561. The summed E-state index contributed by atoms with van der Waals surface area (Å²) in [6, 6.07) is 11.0. The molecule has 0 amide bonds. The number of hydrogen-bond donors (Lipinski definition) is 1. The molecule has 1 aromatic heterocycles. The Kier molecular flexibility index (Phi) is 4.00. The van der Waals surface area contributed by atoms with Gasteiger partial charge in [-0.05, 0) is 54.7 Å². The first-order valence-electron chi connectivity index (χ1n) is 6.76. The fraction of sp³-hybridized carbons (Fsp3) is 0.412. The Morgan fingerprint density at radius 3 is 2.32 bits per heavy atom. The minimum absolute atomic E-state index is 0.253. The van der Waals surface area contributed by atoms with Crippen LogP contribution in [0.15, 0.2) is 30.3 Å². The summed E-state index contributed by atoms with van der Waals surface area (Å²) in [5.41, 5.74) is 4.14. The first-order valence-corrected chi connectivity index (χ1v) is 7.58. The van der Waals surface area contributed by atoms with Crippen molar-refractivity contribution < 1.29 is 0 Å². The van der Waals surface area contributed by atoms with E-state index in [4.69, 9.17) is 0 Å². The van der Waals surface area contributed by atoms with Gasteiger partial charge in [0.15, 0.2) is 0 Å². The molecule has 102 valence electrons. The fourth-order valence-electron chi connectivity index (χ4n) is 1.92. The number of thiophene rings is 1. The highest BCUT2D eigenvalue weighted by Crippen LogP contribution is 2.29. The number of aryl methyl sites for hydroxylation is 2. The smallest absolute Gasteiger partial charge is 0.0494 e. The van der Waals surface area contributed by atoms with E-state index in [-0.39, 0.29) is 5.41 Å². The van der Waals surface area contributed by atoms with Gasteiger partial charge in [0.25, 0.3) is 0 Å². The maximum Gasteiger partial charge on any atom is 0.0494 e. The summed E-state index contributed by atoms with van der Waals surface area (Å²) in [5.74, 6) is 0. The quantitative estimate of drug-likeness (QED) is 0.802. The molecule has 0 radical (unpaired) electrons. The number of rotatable bonds is 3. The molecule has 0 bridgehead atoms. The molecule has 1 heterocycles. The lowest BCUT2D eigenvalue weighted by Crippen LogP contribution is -2.07. The van der Waals surface area contributed by atoms with Crippen LogP contribution in [0.1, 0.15) is 41.7 Å². The second-order valence-electron chi connectivity index (χ2n) is 6.17. The van der Waals surface area contributed by atoms with Gasteiger partial charge in [-0.1, -0.05) is 26.8 Å². The molecule has 2 rings (SSSR count). The molecule has 0 spiro atoms. The third-order valence-electron chi connectivity index (χ3n) is 3.37. The average Bonchev–Trinajstić information content (AvgIpc) is 2.79. The van der Waals surface area contributed by atoms with Crippen molar-refractivity contribution in [3.8, 4) is 0 Å². The van der Waals surface area contributed by atoms with Crippen molar-refractivity contribution in [3.63, 3.8) is 0 Å². The molecule has 0 aliphatic heterocycles. The van der Waals surface area contributed by atoms with Crippen LogP contribution >= 0.6 is 11.3 Å². The first-order chi connectivity index (χ1) is 8.86. The largest absolute Gasteiger partial charge is 0.380 e. The Hall–Kier alpha value is -1.28. The zero-order chi connectivity index (χ0) is 14.0. The maximum absolute atomic E-state index is 3.50. The predicted molar refractivity (Wildman–Crippen MR) is 86.3 cm³/mol. The van der Waals surface area contributed by atoms with Crippen molar-refractivity contribution in [3.05, 3.63) is 51.2 Å². The number of hydrogen-bond acceptors (Lipinski definition) is 2. The fourth-order valence-corrected chi connectivity index (χ4v) is 2.92. The van der Waals surface area contributed by atoms with Gasteiger partial charge in [0.05, 0.1) is 0 Å². The number of benzene rings is 1. The highest BCUT2D eigenvalue weighted by atomic mass is 32.1. The minimum Gasteiger partial charge on any atom is -0.380 e. The summed E-state index contributed by atoms with van der Waals surface area (Å²) in [7, 11) is 0. The zero-order valence-electron chi connectivity index (χ0n) is 12.5. The van der Waals surface area contributed by atoms with Crippen molar-refractivity contribution in [2.75, 3.05) is 5.32 Å². The molecule has 0 unspecified atom stereocenters. The minimum atomic E-state index is 0.253. The van der Waals surface area contributed by atoms with E-state index >= 15 is 0 Å². The maximum atomic E-state index is 3.50. The van der Waals surface area contributed by atoms with Gasteiger partial charge in [-0.25, -0.2) is 0 Å². The summed E-state index contributed by atoms with van der Waals surface area (Å²) in [4.78, 5) is 2.84. The number of nitrogens with one attached hydrogen (secondary N) is 1. The van der Waals surface area contributed by atoms with E-state index in [0.29, 0.717) is 0 Å². The Morgan fingerprint density at radius 1 is 1.00 bits per heavy atom. The highest BCUT2D eigenvalue weighted by Gasteiger charge is 2.15. The van der Waals surface area contributed by atoms with Crippen molar-refractivity contribution in [1.82, 2.24) is 0 Å². The SMILES string of the molecule is Cc1ccc(NCc2ccc(C(C)(C)C)s2)cc1C. The van der Waals surface area contributed by atoms with Crippen molar-refractivity contribution in [2.24, 2.45) is 0 Å². The summed E-state index contributed by atoms with van der Waals surface area (Å²) in [5, 5.41) is 3.50. The van der Waals surface area contributed by atoms with Crippen LogP contribution in [0, 0.1) is 13.8 Å². The van der Waals surface area contributed by atoms with E-state index in [2.05, 4.69) is 70.3 Å². The van der Waals surface area contributed by atoms with Gasteiger partial charge in [0, 0.05) is 22.0 Å². The summed E-state index contributed by atoms with van der Waals surface area (Å²) < 4.78 is 0. The van der Waals surface area contributed by atoms with Gasteiger partial charge in [-0.15, -0.1) is 11.3 Å². The molecule has 2 heteroatoms. The third kappa shape index (κ3) is 3.60. The molecule has 19 heavy (non-hydrogen) atoms. The lowest BCUT2D eigenvalue weighted by atomic mass is 9.95. The van der Waals surface area contributed by atoms with Crippen LogP contribution < -0.4 is 5.32 Å². The van der Waals surface area contributed by atoms with Crippen LogP contribution in [0.25, 0.3) is 0 Å². The van der Waals surface area contributed by atoms with Crippen molar-refractivity contribution in [2.45, 2.75) is 46.6 Å². The van der Waals surface area contributed by atoms with Gasteiger partial charge in [0.2, 0.25) is 0 Å². The van der Waals surface area contributed by atoms with Crippen molar-refractivity contribution in [1.29, 1.82) is 0 Å². The second-order valence-corrected chi connectivity index (χ2v) is 7.34. The van der Waals surface area contributed by atoms with Crippen LogP contribution in [-0.4, -0.2) is 0 Å². The summed E-state index contributed by atoms with van der Waals surface area (Å²) in [6.45, 7) is 12.0. The Labute approximate surface area is 120 Å². The van der Waals surface area contributed by atoms with Crippen LogP contribution in [0.3, 0.4) is 0 Å². The van der Waals surface area contributed by atoms with Gasteiger partial charge < -0.3 is 5.32 Å². The van der Waals surface area contributed by atoms with E-state index < -0.39 is 0 Å². The molecule has 1 nitrogen and oxygen atoms in total. The average molecular weight is 273 g/mol. The summed E-state index contributed by atoms with van der Waals surface area (Å²) in [6.07, 6.45) is 0. The molecule has 0 aliphatic carbocycles. The van der Waals surface area contributed by atoms with Crippen LogP contribution in [0.4, 0.5) is 5.69 Å². The van der Waals surface area contributed by atoms with Gasteiger partial charge in [0.1, 0.15) is 0 Å². The van der Waals surface area contributed by atoms with Crippen LogP contribution in [0.2, 0.25) is 0 Å². The molecule has 0 saturated carbocycles. The van der Waals surface area contributed by atoms with E-state index in [9.17, 15) is 0 Å². The lowest BCUT2D eigenvalue weighted by Gasteiger charge is -2.15. The van der Waals surface area contributed by atoms with Crippen LogP contribution in [-0.2, 0) is 12.0 Å². The first kappa shape index (κ1) is 14.1. The molecule has 0 atom stereocenters.